The lowest BCUT2D eigenvalue weighted by molar-refractivity contribution is -0.427. The van der Waals surface area contributed by atoms with Gasteiger partial charge in [0.15, 0.2) is 12.3 Å². The first-order valence-electron chi connectivity index (χ1n) is 8.33. The van der Waals surface area contributed by atoms with Gasteiger partial charge in [-0.2, -0.15) is 4.58 Å². The highest BCUT2D eigenvalue weighted by Gasteiger charge is 2.34. The molecule has 0 fully saturated rings. The molecule has 2 heteroatoms. The average Bonchev–Trinajstić information content (AvgIpc) is 2.56. The van der Waals surface area contributed by atoms with Gasteiger partial charge in [0.2, 0.25) is 5.69 Å². The highest BCUT2D eigenvalue weighted by molar-refractivity contribution is 6.30. The van der Waals surface area contributed by atoms with Crippen LogP contribution in [0.1, 0.15) is 43.4 Å². The minimum atomic E-state index is 0.794. The third kappa shape index (κ3) is 2.44. The van der Waals surface area contributed by atoms with E-state index in [1.807, 2.05) is 12.1 Å². The second kappa shape index (κ2) is 5.65. The zero-order valence-electron chi connectivity index (χ0n) is 13.7. The summed E-state index contributed by atoms with van der Waals surface area (Å²) in [5, 5.41) is 0.794. The summed E-state index contributed by atoms with van der Waals surface area (Å²) in [6, 6.07) is 15.1. The van der Waals surface area contributed by atoms with Crippen molar-refractivity contribution in [3.63, 3.8) is 0 Å². The molecule has 1 heterocycles. The molecular weight excluding hydrogens is 302 g/mol. The van der Waals surface area contributed by atoms with Crippen LogP contribution in [-0.2, 0) is 6.42 Å². The molecule has 2 aliphatic rings. The van der Waals surface area contributed by atoms with Crippen LogP contribution >= 0.6 is 11.6 Å². The van der Waals surface area contributed by atoms with E-state index >= 15 is 0 Å². The van der Waals surface area contributed by atoms with E-state index in [1.54, 1.807) is 0 Å². The Labute approximate surface area is 142 Å². The van der Waals surface area contributed by atoms with Crippen molar-refractivity contribution < 1.29 is 4.58 Å². The SMILES string of the molecule is CC(C)=C1C[N+](c2ccc(Cl)cc2)=C2CCCc3cccc1c32. The topological polar surface area (TPSA) is 3.01 Å². The Morgan fingerprint density at radius 3 is 2.52 bits per heavy atom. The molecule has 0 aromatic heterocycles. The van der Waals surface area contributed by atoms with E-state index < -0.39 is 0 Å². The zero-order valence-corrected chi connectivity index (χ0v) is 14.5. The molecule has 2 aromatic carbocycles. The summed E-state index contributed by atoms with van der Waals surface area (Å²) < 4.78 is 2.49. The van der Waals surface area contributed by atoms with E-state index in [0.717, 1.165) is 18.0 Å². The molecule has 0 saturated heterocycles. The van der Waals surface area contributed by atoms with Gasteiger partial charge in [0.1, 0.15) is 0 Å². The number of benzene rings is 2. The molecule has 0 saturated carbocycles. The first kappa shape index (κ1) is 14.7. The Hall–Kier alpha value is -1.86. The van der Waals surface area contributed by atoms with Crippen LogP contribution in [0.3, 0.4) is 0 Å². The van der Waals surface area contributed by atoms with Crippen molar-refractivity contribution in [3.05, 3.63) is 69.8 Å². The van der Waals surface area contributed by atoms with Gasteiger partial charge in [-0.15, -0.1) is 0 Å². The number of hydrogen-bond acceptors (Lipinski definition) is 0. The monoisotopic (exact) mass is 322 g/mol. The standard InChI is InChI=1S/C21H21ClN/c1-14(2)19-13-23(17-11-9-16(22)10-12-17)20-8-4-6-15-5-3-7-18(19)21(15)20/h3,5,7,9-12H,4,6,8,13H2,1-2H3/q+1. The van der Waals surface area contributed by atoms with Gasteiger partial charge in [0.25, 0.3) is 0 Å². The van der Waals surface area contributed by atoms with Gasteiger partial charge in [0, 0.05) is 29.1 Å². The summed E-state index contributed by atoms with van der Waals surface area (Å²) in [6.45, 7) is 5.40. The van der Waals surface area contributed by atoms with Crippen LogP contribution in [0.25, 0.3) is 5.57 Å². The van der Waals surface area contributed by atoms with Crippen LogP contribution in [0.2, 0.25) is 5.02 Å². The van der Waals surface area contributed by atoms with Crippen LogP contribution < -0.4 is 0 Å². The third-order valence-electron chi connectivity index (χ3n) is 5.01. The number of halogens is 1. The summed E-state index contributed by atoms with van der Waals surface area (Å²) in [5.74, 6) is 0. The van der Waals surface area contributed by atoms with Crippen LogP contribution in [0.4, 0.5) is 5.69 Å². The van der Waals surface area contributed by atoms with Gasteiger partial charge in [-0.05, 0) is 49.9 Å². The summed E-state index contributed by atoms with van der Waals surface area (Å²) in [4.78, 5) is 0. The van der Waals surface area contributed by atoms with Gasteiger partial charge < -0.3 is 0 Å². The van der Waals surface area contributed by atoms with Gasteiger partial charge in [-0.3, -0.25) is 0 Å². The quantitative estimate of drug-likeness (QED) is 0.600. The maximum Gasteiger partial charge on any atom is 0.205 e. The largest absolute Gasteiger partial charge is 0.205 e. The Balaban J connectivity index is 2.00. The predicted molar refractivity (Wildman–Crippen MR) is 98.0 cm³/mol. The fourth-order valence-electron chi connectivity index (χ4n) is 3.88. The minimum absolute atomic E-state index is 0.794. The number of allylic oxidation sites excluding steroid dienone is 1. The van der Waals surface area contributed by atoms with Crippen molar-refractivity contribution >= 4 is 28.6 Å². The predicted octanol–water partition coefficient (Wildman–Crippen LogP) is 5.62. The summed E-state index contributed by atoms with van der Waals surface area (Å²) in [6.07, 6.45) is 3.58. The van der Waals surface area contributed by atoms with E-state index in [2.05, 4.69) is 48.8 Å². The number of rotatable bonds is 1. The van der Waals surface area contributed by atoms with Crippen molar-refractivity contribution in [2.45, 2.75) is 33.1 Å². The molecule has 0 bridgehead atoms. The Morgan fingerprint density at radius 1 is 1.00 bits per heavy atom. The first-order valence-corrected chi connectivity index (χ1v) is 8.71. The minimum Gasteiger partial charge on any atom is -0.191 e. The summed E-state index contributed by atoms with van der Waals surface area (Å²) in [5.41, 5.74) is 10.0. The maximum absolute atomic E-state index is 6.08. The molecule has 2 aromatic rings. The molecule has 0 N–H and O–H groups in total. The smallest absolute Gasteiger partial charge is 0.191 e. The van der Waals surface area contributed by atoms with Crippen molar-refractivity contribution in [2.75, 3.05) is 6.54 Å². The van der Waals surface area contributed by atoms with Gasteiger partial charge in [-0.25, -0.2) is 0 Å². The van der Waals surface area contributed by atoms with Gasteiger partial charge >= 0.3 is 0 Å². The van der Waals surface area contributed by atoms with E-state index in [9.17, 15) is 0 Å². The second-order valence-electron chi connectivity index (χ2n) is 6.68. The highest BCUT2D eigenvalue weighted by atomic mass is 35.5. The van der Waals surface area contributed by atoms with Crippen LogP contribution in [0.5, 0.6) is 0 Å². The van der Waals surface area contributed by atoms with E-state index in [1.165, 1.54) is 52.1 Å². The zero-order chi connectivity index (χ0) is 16.0. The average molecular weight is 323 g/mol. The molecule has 0 amide bonds. The maximum atomic E-state index is 6.08. The number of aryl methyl sites for hydroxylation is 1. The van der Waals surface area contributed by atoms with Gasteiger partial charge in [-0.1, -0.05) is 35.4 Å². The fourth-order valence-corrected chi connectivity index (χ4v) is 4.00. The van der Waals surface area contributed by atoms with Crippen molar-refractivity contribution in [1.82, 2.24) is 0 Å². The Kier molecular flexibility index (Phi) is 3.61. The van der Waals surface area contributed by atoms with E-state index in [4.69, 9.17) is 11.6 Å². The molecule has 0 spiro atoms. The van der Waals surface area contributed by atoms with Crippen LogP contribution in [0.15, 0.2) is 48.0 Å². The van der Waals surface area contributed by atoms with Crippen LogP contribution in [0, 0.1) is 0 Å². The fraction of sp³-hybridized carbons (Fsp3) is 0.286. The van der Waals surface area contributed by atoms with E-state index in [-0.39, 0.29) is 0 Å². The summed E-state index contributed by atoms with van der Waals surface area (Å²) in [7, 11) is 0. The first-order chi connectivity index (χ1) is 11.1. The second-order valence-corrected chi connectivity index (χ2v) is 7.12. The molecule has 4 rings (SSSR count). The van der Waals surface area contributed by atoms with E-state index in [0.29, 0.717) is 0 Å². The number of nitrogens with zero attached hydrogens (tertiary/aromatic N) is 1. The lowest BCUT2D eigenvalue weighted by Crippen LogP contribution is -2.30. The third-order valence-corrected chi connectivity index (χ3v) is 5.26. The number of hydrogen-bond donors (Lipinski definition) is 0. The summed E-state index contributed by atoms with van der Waals surface area (Å²) >= 11 is 6.08. The van der Waals surface area contributed by atoms with Crippen molar-refractivity contribution in [2.24, 2.45) is 0 Å². The molecule has 1 aliphatic heterocycles. The highest BCUT2D eigenvalue weighted by Crippen LogP contribution is 2.36. The molecule has 1 nitrogen and oxygen atoms in total. The lowest BCUT2D eigenvalue weighted by atomic mass is 9.81. The van der Waals surface area contributed by atoms with Crippen molar-refractivity contribution in [1.29, 1.82) is 0 Å². The van der Waals surface area contributed by atoms with Crippen molar-refractivity contribution in [3.8, 4) is 0 Å². The normalized spacial score (nSPS) is 16.4. The Bertz CT molecular complexity index is 837. The Morgan fingerprint density at radius 2 is 1.78 bits per heavy atom. The molecule has 0 radical (unpaired) electrons. The molecular formula is C21H21ClN+. The molecule has 1 aliphatic carbocycles. The molecule has 23 heavy (non-hydrogen) atoms. The van der Waals surface area contributed by atoms with Crippen LogP contribution in [-0.4, -0.2) is 16.8 Å². The molecule has 0 unspecified atom stereocenters. The lowest BCUT2D eigenvalue weighted by Gasteiger charge is -2.26. The van der Waals surface area contributed by atoms with Gasteiger partial charge in [0.05, 0.1) is 5.56 Å². The molecule has 116 valence electrons. The molecule has 0 atom stereocenters.